The number of hydrogen-bond donors (Lipinski definition) is 0. The maximum Gasteiger partial charge on any atom is 0.232 e. The van der Waals surface area contributed by atoms with E-state index in [2.05, 4.69) is 15.9 Å². The second-order valence-electron chi connectivity index (χ2n) is 7.64. The lowest BCUT2D eigenvalue weighted by atomic mass is 10.0. The Balaban J connectivity index is 1.41. The zero-order chi connectivity index (χ0) is 23.1. The third kappa shape index (κ3) is 4.36. The van der Waals surface area contributed by atoms with Crippen LogP contribution in [0.5, 0.6) is 17.2 Å². The van der Waals surface area contributed by atoms with Crippen molar-refractivity contribution in [2.75, 3.05) is 6.79 Å². The van der Waals surface area contributed by atoms with Crippen LogP contribution < -0.4 is 14.2 Å². The predicted molar refractivity (Wildman–Crippen MR) is 129 cm³/mol. The first-order valence-corrected chi connectivity index (χ1v) is 11.6. The number of ether oxygens (including phenoxy) is 4. The molecule has 5 nitrogen and oxygen atoms in total. The minimum atomic E-state index is -0.223. The molecule has 0 aliphatic carbocycles. The average Bonchev–Trinajstić information content (AvgIpc) is 3.10. The summed E-state index contributed by atoms with van der Waals surface area (Å²) in [6, 6.07) is 12.6. The van der Waals surface area contributed by atoms with E-state index in [1.807, 2.05) is 25.1 Å². The van der Waals surface area contributed by atoms with Gasteiger partial charge in [0.1, 0.15) is 23.9 Å². The average molecular weight is 548 g/mol. The van der Waals surface area contributed by atoms with E-state index >= 15 is 0 Å². The maximum atomic E-state index is 13.0. The normalized spacial score (nSPS) is 15.6. The molecule has 0 fully saturated rings. The number of Topliss-reactive ketones (excluding diaryl/α,β-unsaturated/α-hetero) is 1. The van der Waals surface area contributed by atoms with Crippen LogP contribution in [0.4, 0.5) is 0 Å². The SMILES string of the molecule is Cc1cc(OCc2cc(Br)cc3c2OCOC3)cc2c1C(=O)/C(=C/c1c(Cl)cccc1Cl)O2. The maximum absolute atomic E-state index is 13.0. The summed E-state index contributed by atoms with van der Waals surface area (Å²) in [5.74, 6) is 1.73. The molecule has 3 aromatic carbocycles. The predicted octanol–water partition coefficient (Wildman–Crippen LogP) is 7.13. The number of fused-ring (bicyclic) bond motifs is 2. The Hall–Kier alpha value is -2.51. The highest BCUT2D eigenvalue weighted by molar-refractivity contribution is 9.10. The van der Waals surface area contributed by atoms with Crippen molar-refractivity contribution in [2.45, 2.75) is 20.1 Å². The highest BCUT2D eigenvalue weighted by Crippen LogP contribution is 2.39. The van der Waals surface area contributed by atoms with Crippen molar-refractivity contribution in [1.82, 2.24) is 0 Å². The Morgan fingerprint density at radius 1 is 1.15 bits per heavy atom. The number of ketones is 1. The van der Waals surface area contributed by atoms with E-state index in [0.717, 1.165) is 26.9 Å². The van der Waals surface area contributed by atoms with E-state index in [1.165, 1.54) is 0 Å². The molecule has 2 heterocycles. The number of carbonyl (C=O) groups is 1. The van der Waals surface area contributed by atoms with Crippen molar-refractivity contribution in [2.24, 2.45) is 0 Å². The van der Waals surface area contributed by atoms with E-state index < -0.39 is 0 Å². The molecule has 0 aromatic heterocycles. The zero-order valence-corrected chi connectivity index (χ0v) is 20.5. The Bertz CT molecular complexity index is 1300. The van der Waals surface area contributed by atoms with Crippen LogP contribution in [0, 0.1) is 6.92 Å². The molecule has 0 amide bonds. The molecule has 0 radical (unpaired) electrons. The van der Waals surface area contributed by atoms with Crippen LogP contribution in [-0.4, -0.2) is 12.6 Å². The molecule has 0 saturated heterocycles. The van der Waals surface area contributed by atoms with Crippen LogP contribution in [0.2, 0.25) is 10.0 Å². The molecule has 168 valence electrons. The standard InChI is InChI=1S/C25H17BrCl2O5/c1-13-5-17(31-11-15-7-16(26)6-14-10-30-12-32-25(14)15)8-21-23(13)24(29)22(33-21)9-18-19(27)3-2-4-20(18)28/h2-9H,10-12H2,1H3/b22-9-. The fourth-order valence-corrected chi connectivity index (χ4v) is 4.92. The summed E-state index contributed by atoms with van der Waals surface area (Å²) >= 11 is 16.0. The van der Waals surface area contributed by atoms with Crippen LogP contribution in [0.25, 0.3) is 6.08 Å². The van der Waals surface area contributed by atoms with Gasteiger partial charge in [-0.25, -0.2) is 0 Å². The lowest BCUT2D eigenvalue weighted by Gasteiger charge is -2.21. The molecular formula is C25H17BrCl2O5. The summed E-state index contributed by atoms with van der Waals surface area (Å²) in [6.07, 6.45) is 1.57. The van der Waals surface area contributed by atoms with Gasteiger partial charge >= 0.3 is 0 Å². The van der Waals surface area contributed by atoms with Crippen molar-refractivity contribution < 1.29 is 23.7 Å². The molecular weight excluding hydrogens is 531 g/mol. The number of halogens is 3. The van der Waals surface area contributed by atoms with Gasteiger partial charge in [-0.2, -0.15) is 0 Å². The zero-order valence-electron chi connectivity index (χ0n) is 17.4. The van der Waals surface area contributed by atoms with Crippen molar-refractivity contribution >= 4 is 51.0 Å². The molecule has 0 atom stereocenters. The second-order valence-corrected chi connectivity index (χ2v) is 9.37. The number of rotatable bonds is 4. The Labute approximate surface area is 208 Å². The van der Waals surface area contributed by atoms with Crippen LogP contribution >= 0.6 is 39.1 Å². The molecule has 2 aliphatic rings. The van der Waals surface area contributed by atoms with Gasteiger partial charge in [0, 0.05) is 37.3 Å². The van der Waals surface area contributed by atoms with Crippen molar-refractivity contribution in [3.05, 3.63) is 90.6 Å². The van der Waals surface area contributed by atoms with E-state index in [-0.39, 0.29) is 24.9 Å². The molecule has 0 N–H and O–H groups in total. The Morgan fingerprint density at radius 2 is 1.94 bits per heavy atom. The highest BCUT2D eigenvalue weighted by Gasteiger charge is 2.30. The van der Waals surface area contributed by atoms with Crippen molar-refractivity contribution in [1.29, 1.82) is 0 Å². The number of carbonyl (C=O) groups excluding carboxylic acids is 1. The van der Waals surface area contributed by atoms with Crippen LogP contribution in [0.1, 0.15) is 32.6 Å². The number of aryl methyl sites for hydroxylation is 1. The van der Waals surface area contributed by atoms with Crippen LogP contribution in [0.3, 0.4) is 0 Å². The molecule has 3 aromatic rings. The second kappa shape index (κ2) is 9.03. The van der Waals surface area contributed by atoms with Gasteiger partial charge in [0.2, 0.25) is 5.78 Å². The molecule has 5 rings (SSSR count). The van der Waals surface area contributed by atoms with Crippen molar-refractivity contribution in [3.63, 3.8) is 0 Å². The van der Waals surface area contributed by atoms with Crippen LogP contribution in [0.15, 0.2) is 52.7 Å². The molecule has 2 aliphatic heterocycles. The minimum absolute atomic E-state index is 0.162. The topological polar surface area (TPSA) is 54.0 Å². The van der Waals surface area contributed by atoms with Gasteiger partial charge in [-0.15, -0.1) is 0 Å². The molecule has 33 heavy (non-hydrogen) atoms. The van der Waals surface area contributed by atoms with Gasteiger partial charge < -0.3 is 18.9 Å². The number of hydrogen-bond acceptors (Lipinski definition) is 5. The largest absolute Gasteiger partial charge is 0.489 e. The van der Waals surface area contributed by atoms with Crippen LogP contribution in [-0.2, 0) is 18.0 Å². The van der Waals surface area contributed by atoms with Gasteiger partial charge in [-0.1, -0.05) is 45.2 Å². The Morgan fingerprint density at radius 3 is 2.73 bits per heavy atom. The first-order valence-electron chi connectivity index (χ1n) is 10.1. The molecule has 0 spiro atoms. The number of allylic oxidation sites excluding steroid dienone is 1. The van der Waals surface area contributed by atoms with E-state index in [4.69, 9.17) is 42.1 Å². The third-order valence-corrected chi connectivity index (χ3v) is 6.48. The molecule has 0 saturated carbocycles. The molecule has 8 heteroatoms. The fourth-order valence-electron chi connectivity index (χ4n) is 3.87. The summed E-state index contributed by atoms with van der Waals surface area (Å²) in [6.45, 7) is 2.83. The highest BCUT2D eigenvalue weighted by atomic mass is 79.9. The molecule has 0 bridgehead atoms. The van der Waals surface area contributed by atoms with E-state index in [0.29, 0.717) is 39.3 Å². The summed E-state index contributed by atoms with van der Waals surface area (Å²) in [5, 5.41) is 0.876. The smallest absolute Gasteiger partial charge is 0.232 e. The monoisotopic (exact) mass is 546 g/mol. The minimum Gasteiger partial charge on any atom is -0.489 e. The quantitative estimate of drug-likeness (QED) is 0.325. The summed E-state index contributed by atoms with van der Waals surface area (Å²) in [4.78, 5) is 13.0. The van der Waals surface area contributed by atoms with Gasteiger partial charge in [0.25, 0.3) is 0 Å². The summed E-state index contributed by atoms with van der Waals surface area (Å²) in [7, 11) is 0. The van der Waals surface area contributed by atoms with E-state index in [9.17, 15) is 4.79 Å². The van der Waals surface area contributed by atoms with Crippen molar-refractivity contribution in [3.8, 4) is 17.2 Å². The fraction of sp³-hybridized carbons (Fsp3) is 0.160. The lowest BCUT2D eigenvalue weighted by Crippen LogP contribution is -2.14. The lowest BCUT2D eigenvalue weighted by molar-refractivity contribution is -0.0176. The van der Waals surface area contributed by atoms with Gasteiger partial charge in [-0.05, 0) is 48.9 Å². The third-order valence-electron chi connectivity index (χ3n) is 5.36. The Kier molecular flexibility index (Phi) is 6.10. The van der Waals surface area contributed by atoms with Gasteiger partial charge in [0.05, 0.1) is 12.2 Å². The van der Waals surface area contributed by atoms with E-state index in [1.54, 1.807) is 30.3 Å². The summed E-state index contributed by atoms with van der Waals surface area (Å²) in [5.41, 5.74) is 3.64. The first kappa shape index (κ1) is 22.3. The summed E-state index contributed by atoms with van der Waals surface area (Å²) < 4.78 is 23.9. The van der Waals surface area contributed by atoms with Gasteiger partial charge in [-0.3, -0.25) is 4.79 Å². The first-order chi connectivity index (χ1) is 15.9. The molecule has 0 unspecified atom stereocenters. The number of benzene rings is 3. The van der Waals surface area contributed by atoms with Gasteiger partial charge in [0.15, 0.2) is 12.6 Å².